The van der Waals surface area contributed by atoms with Gasteiger partial charge in [0.2, 0.25) is 0 Å². The summed E-state index contributed by atoms with van der Waals surface area (Å²) in [6, 6.07) is 8.13. The van der Waals surface area contributed by atoms with Crippen LogP contribution in [0.2, 0.25) is 0 Å². The average Bonchev–Trinajstić information content (AvgIpc) is 2.92. The topological polar surface area (TPSA) is 64.7 Å². The Balaban J connectivity index is 1.79. The number of anilines is 1. The molecular formula is C10H8N4S3. The molecule has 0 atom stereocenters. The first-order valence-corrected chi connectivity index (χ1v) is 7.45. The highest BCUT2D eigenvalue weighted by Gasteiger charge is 2.08. The van der Waals surface area contributed by atoms with Gasteiger partial charge in [0.1, 0.15) is 10.7 Å². The first-order valence-electron chi connectivity index (χ1n) is 4.88. The normalized spacial score (nSPS) is 11.1. The van der Waals surface area contributed by atoms with Gasteiger partial charge >= 0.3 is 0 Å². The van der Waals surface area contributed by atoms with Crippen molar-refractivity contribution in [3.63, 3.8) is 0 Å². The Labute approximate surface area is 110 Å². The van der Waals surface area contributed by atoms with E-state index in [1.807, 2.05) is 18.2 Å². The molecule has 0 aliphatic carbocycles. The molecular weight excluding hydrogens is 272 g/mol. The number of para-hydroxylation sites is 1. The standard InChI is InChI=1S/C10H8N4S3/c11-9-7(13-14-17-9)5-15-10-12-6-3-1-2-4-8(6)16-10/h1-4H,5,11H2. The molecule has 0 saturated heterocycles. The summed E-state index contributed by atoms with van der Waals surface area (Å²) in [5, 5.41) is 4.68. The number of nitrogen functional groups attached to an aromatic ring is 1. The van der Waals surface area contributed by atoms with Crippen molar-refractivity contribution >= 4 is 49.8 Å². The van der Waals surface area contributed by atoms with Gasteiger partial charge in [-0.2, -0.15) is 0 Å². The Morgan fingerprint density at radius 3 is 2.94 bits per heavy atom. The molecule has 2 N–H and O–H groups in total. The van der Waals surface area contributed by atoms with Gasteiger partial charge < -0.3 is 5.73 Å². The third kappa shape index (κ3) is 2.26. The van der Waals surface area contributed by atoms with Gasteiger partial charge in [0.25, 0.3) is 0 Å². The zero-order valence-corrected chi connectivity index (χ0v) is 11.1. The Hall–Kier alpha value is -1.18. The van der Waals surface area contributed by atoms with Gasteiger partial charge in [-0.3, -0.25) is 0 Å². The molecule has 0 unspecified atom stereocenters. The van der Waals surface area contributed by atoms with Crippen LogP contribution in [0.4, 0.5) is 5.00 Å². The van der Waals surface area contributed by atoms with Gasteiger partial charge in [-0.25, -0.2) is 4.98 Å². The lowest BCUT2D eigenvalue weighted by Gasteiger charge is -1.93. The summed E-state index contributed by atoms with van der Waals surface area (Å²) in [6.45, 7) is 0. The van der Waals surface area contributed by atoms with Crippen molar-refractivity contribution in [2.24, 2.45) is 0 Å². The first kappa shape index (κ1) is 10.9. The molecule has 86 valence electrons. The van der Waals surface area contributed by atoms with Crippen LogP contribution in [0.1, 0.15) is 5.69 Å². The molecule has 4 nitrogen and oxygen atoms in total. The van der Waals surface area contributed by atoms with Crippen molar-refractivity contribution in [3.8, 4) is 0 Å². The molecule has 0 aliphatic heterocycles. The van der Waals surface area contributed by atoms with E-state index in [4.69, 9.17) is 5.73 Å². The quantitative estimate of drug-likeness (QED) is 0.747. The molecule has 0 saturated carbocycles. The number of rotatable bonds is 3. The number of hydrogen-bond donors (Lipinski definition) is 1. The maximum Gasteiger partial charge on any atom is 0.151 e. The SMILES string of the molecule is Nc1snnc1CSc1nc2ccccc2s1. The van der Waals surface area contributed by atoms with Gasteiger partial charge in [0.15, 0.2) is 4.34 Å². The zero-order valence-electron chi connectivity index (χ0n) is 8.66. The molecule has 7 heteroatoms. The highest BCUT2D eigenvalue weighted by molar-refractivity contribution is 8.00. The first-order chi connectivity index (χ1) is 8.33. The van der Waals surface area contributed by atoms with E-state index >= 15 is 0 Å². The van der Waals surface area contributed by atoms with E-state index in [2.05, 4.69) is 20.6 Å². The lowest BCUT2D eigenvalue weighted by Crippen LogP contribution is -1.88. The van der Waals surface area contributed by atoms with Crippen molar-refractivity contribution in [2.45, 2.75) is 10.1 Å². The highest BCUT2D eigenvalue weighted by Crippen LogP contribution is 2.32. The second kappa shape index (κ2) is 4.59. The second-order valence-electron chi connectivity index (χ2n) is 3.32. The molecule has 3 rings (SSSR count). The molecule has 1 aromatic carbocycles. The maximum atomic E-state index is 5.74. The summed E-state index contributed by atoms with van der Waals surface area (Å²) in [7, 11) is 0. The Morgan fingerprint density at radius 1 is 1.29 bits per heavy atom. The molecule has 0 aliphatic rings. The number of nitrogens with zero attached hydrogens (tertiary/aromatic N) is 3. The van der Waals surface area contributed by atoms with Crippen LogP contribution in [0.15, 0.2) is 28.6 Å². The summed E-state index contributed by atoms with van der Waals surface area (Å²) in [5.41, 5.74) is 7.64. The fourth-order valence-corrected chi connectivity index (χ4v) is 3.91. The monoisotopic (exact) mass is 280 g/mol. The van der Waals surface area contributed by atoms with E-state index in [1.165, 1.54) is 16.2 Å². The third-order valence-electron chi connectivity index (χ3n) is 2.19. The molecule has 0 spiro atoms. The van der Waals surface area contributed by atoms with Crippen LogP contribution in [0.3, 0.4) is 0 Å². The molecule has 0 fully saturated rings. The number of hydrogen-bond acceptors (Lipinski definition) is 7. The van der Waals surface area contributed by atoms with Gasteiger partial charge in [-0.15, -0.1) is 16.4 Å². The van der Waals surface area contributed by atoms with Crippen LogP contribution in [-0.4, -0.2) is 14.6 Å². The van der Waals surface area contributed by atoms with Crippen molar-refractivity contribution in [1.29, 1.82) is 0 Å². The molecule has 0 radical (unpaired) electrons. The second-order valence-corrected chi connectivity index (χ2v) is 6.36. The number of benzene rings is 1. The van der Waals surface area contributed by atoms with Crippen molar-refractivity contribution in [3.05, 3.63) is 30.0 Å². The summed E-state index contributed by atoms with van der Waals surface area (Å²) >= 11 is 4.57. The van der Waals surface area contributed by atoms with Gasteiger partial charge in [0, 0.05) is 17.3 Å². The van der Waals surface area contributed by atoms with Gasteiger partial charge in [-0.05, 0) is 12.1 Å². The molecule has 0 amide bonds. The van der Waals surface area contributed by atoms with Crippen molar-refractivity contribution in [1.82, 2.24) is 14.6 Å². The average molecular weight is 280 g/mol. The number of nitrogens with two attached hydrogens (primary N) is 1. The molecule has 2 heterocycles. The number of fused-ring (bicyclic) bond motifs is 1. The summed E-state index contributed by atoms with van der Waals surface area (Å²) in [5.74, 6) is 0.724. The lowest BCUT2D eigenvalue weighted by molar-refractivity contribution is 1.08. The van der Waals surface area contributed by atoms with E-state index in [1.54, 1.807) is 23.1 Å². The molecule has 2 aromatic heterocycles. The van der Waals surface area contributed by atoms with Gasteiger partial charge in [0.05, 0.1) is 10.2 Å². The van der Waals surface area contributed by atoms with Crippen LogP contribution < -0.4 is 5.73 Å². The largest absolute Gasteiger partial charge is 0.388 e. The molecule has 3 aromatic rings. The van der Waals surface area contributed by atoms with Crippen LogP contribution >= 0.6 is 34.6 Å². The Bertz CT molecular complexity index is 613. The number of thiazole rings is 1. The Morgan fingerprint density at radius 2 is 2.18 bits per heavy atom. The van der Waals surface area contributed by atoms with E-state index in [9.17, 15) is 0 Å². The fourth-order valence-electron chi connectivity index (χ4n) is 1.36. The van der Waals surface area contributed by atoms with E-state index < -0.39 is 0 Å². The predicted molar refractivity (Wildman–Crippen MR) is 73.5 cm³/mol. The third-order valence-corrected chi connectivity index (χ3v) is 4.98. The zero-order chi connectivity index (χ0) is 11.7. The molecule has 17 heavy (non-hydrogen) atoms. The van der Waals surface area contributed by atoms with Gasteiger partial charge in [-0.1, -0.05) is 28.4 Å². The summed E-state index contributed by atoms with van der Waals surface area (Å²) < 4.78 is 6.06. The van der Waals surface area contributed by atoms with Crippen molar-refractivity contribution < 1.29 is 0 Å². The molecule has 0 bridgehead atoms. The lowest BCUT2D eigenvalue weighted by atomic mass is 10.3. The van der Waals surface area contributed by atoms with Crippen LogP contribution in [0.25, 0.3) is 10.2 Å². The minimum atomic E-state index is 0.693. The van der Waals surface area contributed by atoms with Crippen LogP contribution in [0, 0.1) is 0 Å². The minimum Gasteiger partial charge on any atom is -0.388 e. The highest BCUT2D eigenvalue weighted by atomic mass is 32.2. The number of thioether (sulfide) groups is 1. The minimum absolute atomic E-state index is 0.693. The fraction of sp³-hybridized carbons (Fsp3) is 0.100. The van der Waals surface area contributed by atoms with E-state index in [0.717, 1.165) is 21.3 Å². The van der Waals surface area contributed by atoms with E-state index in [-0.39, 0.29) is 0 Å². The van der Waals surface area contributed by atoms with E-state index in [0.29, 0.717) is 5.00 Å². The predicted octanol–water partition coefficient (Wildman–Crippen LogP) is 3.02. The summed E-state index contributed by atoms with van der Waals surface area (Å²) in [6.07, 6.45) is 0. The summed E-state index contributed by atoms with van der Waals surface area (Å²) in [4.78, 5) is 4.54. The van der Waals surface area contributed by atoms with Crippen molar-refractivity contribution in [2.75, 3.05) is 5.73 Å². The number of aromatic nitrogens is 3. The Kier molecular flexibility index (Phi) is 2.96. The van der Waals surface area contributed by atoms with Crippen LogP contribution in [-0.2, 0) is 5.75 Å². The maximum absolute atomic E-state index is 5.74. The smallest absolute Gasteiger partial charge is 0.151 e. The van der Waals surface area contributed by atoms with Crippen LogP contribution in [0.5, 0.6) is 0 Å².